The Hall–Kier alpha value is -1.71. The highest BCUT2D eigenvalue weighted by molar-refractivity contribution is 9.10. The van der Waals surface area contributed by atoms with E-state index in [0.29, 0.717) is 28.7 Å². The van der Waals surface area contributed by atoms with E-state index in [1.807, 2.05) is 18.7 Å². The van der Waals surface area contributed by atoms with Crippen LogP contribution in [0, 0.1) is 0 Å². The summed E-state index contributed by atoms with van der Waals surface area (Å²) in [5.41, 5.74) is 0.636. The quantitative estimate of drug-likeness (QED) is 0.810. The molecule has 0 bridgehead atoms. The van der Waals surface area contributed by atoms with Crippen molar-refractivity contribution in [1.29, 1.82) is 0 Å². The van der Waals surface area contributed by atoms with E-state index < -0.39 is 0 Å². The van der Waals surface area contributed by atoms with Gasteiger partial charge in [-0.25, -0.2) is 4.98 Å². The molecule has 0 radical (unpaired) electrons. The first-order valence-corrected chi connectivity index (χ1v) is 9.51. The number of nitrogens with zero attached hydrogens (tertiary/aromatic N) is 2. The molecule has 3 heterocycles. The van der Waals surface area contributed by atoms with E-state index in [1.165, 1.54) is 11.3 Å². The summed E-state index contributed by atoms with van der Waals surface area (Å²) in [4.78, 5) is 30.8. The van der Waals surface area contributed by atoms with Gasteiger partial charge in [-0.15, -0.1) is 11.3 Å². The molecule has 2 amide bonds. The summed E-state index contributed by atoms with van der Waals surface area (Å²) < 4.78 is 11.1. The first kappa shape index (κ1) is 18.1. The van der Waals surface area contributed by atoms with Gasteiger partial charge in [0.15, 0.2) is 15.6 Å². The molecular formula is C16H18BrN3O4S. The molecule has 0 spiro atoms. The Bertz CT molecular complexity index is 765. The van der Waals surface area contributed by atoms with Gasteiger partial charge >= 0.3 is 0 Å². The van der Waals surface area contributed by atoms with Crippen LogP contribution in [0.4, 0.5) is 5.13 Å². The maximum absolute atomic E-state index is 12.6. The van der Waals surface area contributed by atoms with Crippen molar-refractivity contribution in [1.82, 2.24) is 9.88 Å². The van der Waals surface area contributed by atoms with Crippen molar-refractivity contribution >= 4 is 44.2 Å². The fourth-order valence-corrected chi connectivity index (χ4v) is 3.79. The van der Waals surface area contributed by atoms with Crippen LogP contribution in [0.3, 0.4) is 0 Å². The summed E-state index contributed by atoms with van der Waals surface area (Å²) in [5.74, 6) is -0.176. The van der Waals surface area contributed by atoms with E-state index in [1.54, 1.807) is 17.5 Å². The molecule has 0 unspecified atom stereocenters. The minimum Gasteiger partial charge on any atom is -0.444 e. The zero-order chi connectivity index (χ0) is 18.0. The van der Waals surface area contributed by atoms with Gasteiger partial charge in [-0.1, -0.05) is 0 Å². The standard InChI is InChI=1S/C16H18BrN3O4S/c1-9-6-23-7-10(2)20(9)14(21)5-11-8-25-16(18-11)19-15(22)12-3-4-13(17)24-12/h3-4,8-10H,5-7H2,1-2H3,(H,18,19,22)/t9-,10-/m0/s1. The third-order valence-corrected chi connectivity index (χ3v) is 5.09. The van der Waals surface area contributed by atoms with E-state index >= 15 is 0 Å². The van der Waals surface area contributed by atoms with Crippen LogP contribution in [0.15, 0.2) is 26.6 Å². The third kappa shape index (κ3) is 4.28. The first-order chi connectivity index (χ1) is 11.9. The predicted octanol–water partition coefficient (Wildman–Crippen LogP) is 2.93. The van der Waals surface area contributed by atoms with Gasteiger partial charge in [0.2, 0.25) is 5.91 Å². The molecule has 1 saturated heterocycles. The third-order valence-electron chi connectivity index (χ3n) is 3.86. The number of amides is 2. The van der Waals surface area contributed by atoms with Gasteiger partial charge in [0, 0.05) is 5.38 Å². The summed E-state index contributed by atoms with van der Waals surface area (Å²) in [7, 11) is 0. The van der Waals surface area contributed by atoms with Crippen LogP contribution in [0.2, 0.25) is 0 Å². The highest BCUT2D eigenvalue weighted by atomic mass is 79.9. The van der Waals surface area contributed by atoms with E-state index in [9.17, 15) is 9.59 Å². The summed E-state index contributed by atoms with van der Waals surface area (Å²) in [6.45, 7) is 5.05. The molecule has 2 aromatic heterocycles. The summed E-state index contributed by atoms with van der Waals surface area (Å²) in [6, 6.07) is 3.31. The Morgan fingerprint density at radius 3 is 2.72 bits per heavy atom. The largest absolute Gasteiger partial charge is 0.444 e. The molecule has 1 N–H and O–H groups in total. The van der Waals surface area contributed by atoms with Crippen LogP contribution in [-0.2, 0) is 16.0 Å². The lowest BCUT2D eigenvalue weighted by molar-refractivity contribution is -0.143. The van der Waals surface area contributed by atoms with E-state index in [0.717, 1.165) is 0 Å². The number of hydrogen-bond acceptors (Lipinski definition) is 6. The number of hydrogen-bond donors (Lipinski definition) is 1. The van der Waals surface area contributed by atoms with Gasteiger partial charge < -0.3 is 14.1 Å². The minimum atomic E-state index is -0.381. The second kappa shape index (κ2) is 7.67. The smallest absolute Gasteiger partial charge is 0.293 e. The molecule has 2 atom stereocenters. The number of halogens is 1. The zero-order valence-electron chi connectivity index (χ0n) is 13.8. The van der Waals surface area contributed by atoms with Crippen molar-refractivity contribution in [2.24, 2.45) is 0 Å². The average molecular weight is 428 g/mol. The highest BCUT2D eigenvalue weighted by Crippen LogP contribution is 2.21. The number of thiazole rings is 1. The van der Waals surface area contributed by atoms with Gasteiger partial charge in [-0.2, -0.15) is 0 Å². The highest BCUT2D eigenvalue weighted by Gasteiger charge is 2.29. The second-order valence-corrected chi connectivity index (χ2v) is 7.55. The average Bonchev–Trinajstić information content (AvgIpc) is 3.16. The van der Waals surface area contributed by atoms with Gasteiger partial charge in [0.1, 0.15) is 0 Å². The summed E-state index contributed by atoms with van der Waals surface area (Å²) >= 11 is 4.43. The monoisotopic (exact) mass is 427 g/mol. The number of carbonyl (C=O) groups is 2. The van der Waals surface area contributed by atoms with Crippen molar-refractivity contribution in [2.75, 3.05) is 18.5 Å². The Labute approximate surface area is 157 Å². The lowest BCUT2D eigenvalue weighted by Gasteiger charge is -2.38. The number of furan rings is 1. The Kier molecular flexibility index (Phi) is 5.55. The SMILES string of the molecule is C[C@H]1COC[C@H](C)N1C(=O)Cc1csc(NC(=O)c2ccc(Br)o2)n1. The predicted molar refractivity (Wildman–Crippen MR) is 96.8 cm³/mol. The number of rotatable bonds is 4. The number of anilines is 1. The van der Waals surface area contributed by atoms with Crippen LogP contribution in [0.1, 0.15) is 30.1 Å². The van der Waals surface area contributed by atoms with Gasteiger partial charge in [-0.3, -0.25) is 14.9 Å². The fourth-order valence-electron chi connectivity index (χ4n) is 2.78. The molecule has 0 aromatic carbocycles. The minimum absolute atomic E-state index is 0.0152. The van der Waals surface area contributed by atoms with Crippen molar-refractivity contribution < 1.29 is 18.7 Å². The van der Waals surface area contributed by atoms with E-state index in [2.05, 4.69) is 26.2 Å². The normalized spacial score (nSPS) is 20.5. The molecule has 1 aliphatic heterocycles. The molecule has 2 aromatic rings. The lowest BCUT2D eigenvalue weighted by atomic mass is 10.1. The first-order valence-electron chi connectivity index (χ1n) is 7.84. The summed E-state index contributed by atoms with van der Waals surface area (Å²) in [6.07, 6.45) is 0.202. The fraction of sp³-hybridized carbons (Fsp3) is 0.438. The van der Waals surface area contributed by atoms with Crippen molar-refractivity contribution in [2.45, 2.75) is 32.4 Å². The molecule has 25 heavy (non-hydrogen) atoms. The van der Waals surface area contributed by atoms with Crippen LogP contribution in [0.5, 0.6) is 0 Å². The molecule has 3 rings (SSSR count). The zero-order valence-corrected chi connectivity index (χ0v) is 16.2. The molecule has 1 fully saturated rings. The molecule has 9 heteroatoms. The number of nitrogens with one attached hydrogen (secondary N) is 1. The van der Waals surface area contributed by atoms with Crippen LogP contribution in [-0.4, -0.2) is 47.0 Å². The van der Waals surface area contributed by atoms with Crippen molar-refractivity contribution in [3.63, 3.8) is 0 Å². The van der Waals surface area contributed by atoms with Crippen LogP contribution in [0.25, 0.3) is 0 Å². The van der Waals surface area contributed by atoms with Gasteiger partial charge in [0.05, 0.1) is 37.4 Å². The Balaban J connectivity index is 1.61. The molecule has 7 nitrogen and oxygen atoms in total. The topological polar surface area (TPSA) is 84.7 Å². The van der Waals surface area contributed by atoms with Crippen molar-refractivity contribution in [3.8, 4) is 0 Å². The van der Waals surface area contributed by atoms with E-state index in [-0.39, 0.29) is 36.1 Å². The van der Waals surface area contributed by atoms with Crippen molar-refractivity contribution in [3.05, 3.63) is 33.6 Å². The molecule has 0 saturated carbocycles. The maximum atomic E-state index is 12.6. The summed E-state index contributed by atoms with van der Waals surface area (Å²) in [5, 5.41) is 4.88. The number of ether oxygens (including phenoxy) is 1. The molecule has 1 aliphatic rings. The number of carbonyl (C=O) groups excluding carboxylic acids is 2. The van der Waals surface area contributed by atoms with Crippen LogP contribution >= 0.6 is 27.3 Å². The maximum Gasteiger partial charge on any atom is 0.293 e. The van der Waals surface area contributed by atoms with Crippen LogP contribution < -0.4 is 5.32 Å². The number of aromatic nitrogens is 1. The molecular weight excluding hydrogens is 410 g/mol. The number of morpholine rings is 1. The molecule has 134 valence electrons. The van der Waals surface area contributed by atoms with E-state index in [4.69, 9.17) is 9.15 Å². The Morgan fingerprint density at radius 1 is 1.36 bits per heavy atom. The van der Waals surface area contributed by atoms with Gasteiger partial charge in [0.25, 0.3) is 5.91 Å². The van der Waals surface area contributed by atoms with Gasteiger partial charge in [-0.05, 0) is 41.9 Å². The Morgan fingerprint density at radius 2 is 2.08 bits per heavy atom. The molecule has 0 aliphatic carbocycles. The second-order valence-electron chi connectivity index (χ2n) is 5.92. The lowest BCUT2D eigenvalue weighted by Crippen LogP contribution is -2.53.